The van der Waals surface area contributed by atoms with Crippen molar-refractivity contribution in [2.75, 3.05) is 25.7 Å². The van der Waals surface area contributed by atoms with Crippen molar-refractivity contribution < 1.29 is 23.7 Å². The third-order valence-electron chi connectivity index (χ3n) is 4.53. The average molecular weight is 706 g/mol. The minimum absolute atomic E-state index is 0. The maximum absolute atomic E-state index is 6.27. The van der Waals surface area contributed by atoms with E-state index in [1.165, 1.54) is 6.08 Å². The van der Waals surface area contributed by atoms with Gasteiger partial charge >= 0.3 is 0 Å². The molecule has 0 bridgehead atoms. The van der Waals surface area contributed by atoms with E-state index in [1.54, 1.807) is 12.1 Å². The molecule has 2 aromatic carbocycles. The van der Waals surface area contributed by atoms with Crippen LogP contribution in [0.5, 0.6) is 28.7 Å². The highest BCUT2D eigenvalue weighted by atomic mass is 35.6. The smallest absolute Gasteiger partial charge is 0.246 e. The van der Waals surface area contributed by atoms with E-state index in [9.17, 15) is 0 Å². The van der Waals surface area contributed by atoms with E-state index >= 15 is 0 Å². The summed E-state index contributed by atoms with van der Waals surface area (Å²) < 4.78 is 27.6. The second-order valence-electron chi connectivity index (χ2n) is 8.17. The minimum atomic E-state index is -1.16. The summed E-state index contributed by atoms with van der Waals surface area (Å²) in [6, 6.07) is 8.85. The van der Waals surface area contributed by atoms with Gasteiger partial charge in [0.2, 0.25) is 11.5 Å². The van der Waals surface area contributed by atoms with Gasteiger partial charge in [0, 0.05) is 38.3 Å². The van der Waals surface area contributed by atoms with Crippen molar-refractivity contribution in [1.82, 2.24) is 0 Å². The lowest BCUT2D eigenvalue weighted by atomic mass is 10.3. The van der Waals surface area contributed by atoms with Gasteiger partial charge in [-0.25, -0.2) is 0 Å². The van der Waals surface area contributed by atoms with Crippen LogP contribution < -0.4 is 23.7 Å². The Kier molecular flexibility index (Phi) is 16.3. The number of halogens is 8. The van der Waals surface area contributed by atoms with E-state index in [-0.39, 0.29) is 18.5 Å². The maximum atomic E-state index is 6.27. The highest BCUT2D eigenvalue weighted by Crippen LogP contribution is 2.45. The number of para-hydroxylation sites is 1. The second kappa shape index (κ2) is 17.5. The van der Waals surface area contributed by atoms with Gasteiger partial charge in [0.25, 0.3) is 0 Å². The van der Waals surface area contributed by atoms with Gasteiger partial charge in [-0.3, -0.25) is 0 Å². The number of rotatable bonds is 11. The number of hydrogen-bond donors (Lipinski definition) is 0. The molecule has 0 radical (unpaired) electrons. The molecule has 0 spiro atoms. The van der Waals surface area contributed by atoms with Crippen LogP contribution in [-0.4, -0.2) is 35.3 Å². The molecule has 1 heterocycles. The van der Waals surface area contributed by atoms with E-state index in [0.29, 0.717) is 64.3 Å². The van der Waals surface area contributed by atoms with Crippen molar-refractivity contribution >= 4 is 92.8 Å². The van der Waals surface area contributed by atoms with E-state index < -0.39 is 9.58 Å². The molecule has 1 aliphatic rings. The van der Waals surface area contributed by atoms with Crippen molar-refractivity contribution in [3.05, 3.63) is 50.9 Å². The Bertz CT molecular complexity index is 1050. The molecule has 220 valence electrons. The van der Waals surface area contributed by atoms with Crippen molar-refractivity contribution in [2.24, 2.45) is 0 Å². The molecule has 5 nitrogen and oxygen atoms in total. The molecule has 0 atom stereocenters. The fraction of sp³-hybridized carbons (Fsp3) is 0.462. The van der Waals surface area contributed by atoms with Gasteiger partial charge in [-0.05, 0) is 31.1 Å². The number of hydrogen-bond acceptors (Lipinski definition) is 5. The number of alkyl halides is 4. The molecule has 13 heteroatoms. The fourth-order valence-electron chi connectivity index (χ4n) is 2.95. The van der Waals surface area contributed by atoms with E-state index in [4.69, 9.17) is 116 Å². The van der Waals surface area contributed by atoms with Gasteiger partial charge in [-0.1, -0.05) is 94.7 Å². The van der Waals surface area contributed by atoms with Gasteiger partial charge in [-0.15, -0.1) is 11.6 Å². The Morgan fingerprint density at radius 2 is 1.56 bits per heavy atom. The summed E-state index contributed by atoms with van der Waals surface area (Å²) in [6.07, 6.45) is 3.44. The summed E-state index contributed by atoms with van der Waals surface area (Å²) in [4.78, 5) is 0. The van der Waals surface area contributed by atoms with Gasteiger partial charge in [-0.2, -0.15) is 0 Å². The van der Waals surface area contributed by atoms with E-state index in [0.717, 1.165) is 12.8 Å². The first kappa shape index (κ1) is 36.5. The number of ether oxygens (including phenoxy) is 5. The monoisotopic (exact) mass is 702 g/mol. The first-order valence-corrected chi connectivity index (χ1v) is 14.5. The zero-order chi connectivity index (χ0) is 28.3. The molecule has 0 unspecified atom stereocenters. The Morgan fingerprint density at radius 3 is 2.10 bits per heavy atom. The van der Waals surface area contributed by atoms with E-state index in [1.807, 2.05) is 32.0 Å². The lowest BCUT2D eigenvalue weighted by Crippen LogP contribution is -2.29. The molecule has 39 heavy (non-hydrogen) atoms. The van der Waals surface area contributed by atoms with Gasteiger partial charge in [0.1, 0.15) is 16.8 Å². The van der Waals surface area contributed by atoms with Crippen LogP contribution >= 0.6 is 92.8 Å². The van der Waals surface area contributed by atoms with Gasteiger partial charge in [0.05, 0.1) is 23.3 Å². The van der Waals surface area contributed by atoms with E-state index in [2.05, 4.69) is 0 Å². The first-order chi connectivity index (χ1) is 17.8. The zero-order valence-electron chi connectivity index (χ0n) is 20.5. The summed E-state index contributed by atoms with van der Waals surface area (Å²) in [5.74, 6) is 2.58. The van der Waals surface area contributed by atoms with Gasteiger partial charge in [0.15, 0.2) is 21.0 Å². The molecular formula is C26H30Cl8O5. The lowest BCUT2D eigenvalue weighted by Gasteiger charge is -2.16. The standard InChI is InChI=1S/C22H22Cl4O5.C3H4Cl4.CH4/c1-22(2)30-18-7-5-6-17(21(18)31-22)28-9-3-4-10-29-20-15(23)12-14(13-16(20)24)27-11-8-19(25)26;4-2-1-3(5,6)7;/h5-8,12-13H,3-4,9-11H2,1-2H3;1-2H2;1H4. The molecule has 0 aliphatic carbocycles. The summed E-state index contributed by atoms with van der Waals surface area (Å²) in [5, 5.41) is 0.721. The Hall–Kier alpha value is -0.500. The number of benzene rings is 2. The maximum Gasteiger partial charge on any atom is 0.246 e. The average Bonchev–Trinajstić information content (AvgIpc) is 3.11. The molecule has 0 aromatic heterocycles. The van der Waals surface area contributed by atoms with Crippen LogP contribution in [0, 0.1) is 0 Å². The fourth-order valence-corrected chi connectivity index (χ4v) is 4.51. The Morgan fingerprint density at radius 1 is 0.949 bits per heavy atom. The molecule has 0 N–H and O–H groups in total. The number of fused-ring (bicyclic) bond motifs is 1. The van der Waals surface area contributed by atoms with Crippen molar-refractivity contribution in [1.29, 1.82) is 0 Å². The van der Waals surface area contributed by atoms with Crippen LogP contribution in [0.4, 0.5) is 0 Å². The molecular weight excluding hydrogens is 676 g/mol. The third kappa shape index (κ3) is 13.8. The summed E-state index contributed by atoms with van der Waals surface area (Å²) >= 11 is 44.7. The molecule has 0 saturated heterocycles. The SMILES string of the molecule is C.CC1(C)Oc2cccc(OCCCCOc3c(Cl)cc(OCC=C(Cl)Cl)cc3Cl)c2O1.ClCCC(Cl)(Cl)Cl. The van der Waals surface area contributed by atoms with Crippen LogP contribution in [0.15, 0.2) is 40.9 Å². The van der Waals surface area contributed by atoms with Crippen molar-refractivity contribution in [2.45, 2.75) is 50.1 Å². The zero-order valence-corrected chi connectivity index (χ0v) is 26.5. The van der Waals surface area contributed by atoms with Crippen LogP contribution in [0.1, 0.15) is 40.5 Å². The van der Waals surface area contributed by atoms with Crippen LogP contribution in [-0.2, 0) is 0 Å². The Balaban J connectivity index is 0.000000841. The predicted octanol–water partition coefficient (Wildman–Crippen LogP) is 11.1. The van der Waals surface area contributed by atoms with Crippen LogP contribution in [0.25, 0.3) is 0 Å². The number of unbranched alkanes of at least 4 members (excludes halogenated alkanes) is 1. The molecule has 1 aliphatic heterocycles. The molecule has 3 rings (SSSR count). The highest BCUT2D eigenvalue weighted by molar-refractivity contribution is 6.67. The second-order valence-corrected chi connectivity index (χ2v) is 12.9. The largest absolute Gasteiger partial charge is 0.490 e. The molecule has 2 aromatic rings. The summed E-state index contributed by atoms with van der Waals surface area (Å²) in [7, 11) is 0. The predicted molar refractivity (Wildman–Crippen MR) is 166 cm³/mol. The van der Waals surface area contributed by atoms with Crippen LogP contribution in [0.3, 0.4) is 0 Å². The molecule has 0 saturated carbocycles. The van der Waals surface area contributed by atoms with Crippen LogP contribution in [0.2, 0.25) is 10.0 Å². The van der Waals surface area contributed by atoms with Crippen molar-refractivity contribution in [3.63, 3.8) is 0 Å². The summed E-state index contributed by atoms with van der Waals surface area (Å²) in [6.45, 7) is 4.86. The quantitative estimate of drug-likeness (QED) is 0.172. The summed E-state index contributed by atoms with van der Waals surface area (Å²) in [5.41, 5.74) is 0. The molecule has 0 amide bonds. The topological polar surface area (TPSA) is 46.2 Å². The minimum Gasteiger partial charge on any atom is -0.490 e. The Labute approximate surface area is 270 Å². The normalized spacial score (nSPS) is 13.0. The van der Waals surface area contributed by atoms with Gasteiger partial charge < -0.3 is 23.7 Å². The van der Waals surface area contributed by atoms with Crippen molar-refractivity contribution in [3.8, 4) is 28.7 Å². The molecule has 0 fully saturated rings. The third-order valence-corrected chi connectivity index (χ3v) is 6.15. The first-order valence-electron chi connectivity index (χ1n) is 11.3. The lowest BCUT2D eigenvalue weighted by molar-refractivity contribution is -0.0441. The highest BCUT2D eigenvalue weighted by Gasteiger charge is 2.34.